The second-order valence-corrected chi connectivity index (χ2v) is 8.76. The normalized spacial score (nSPS) is 13.3. The third-order valence-electron chi connectivity index (χ3n) is 6.46. The van der Waals surface area contributed by atoms with Gasteiger partial charge in [0.15, 0.2) is 0 Å². The van der Waals surface area contributed by atoms with Gasteiger partial charge in [-0.1, -0.05) is 62.4 Å². The number of hydrogen-bond acceptors (Lipinski definition) is 4. The van der Waals surface area contributed by atoms with E-state index in [0.29, 0.717) is 0 Å². The Balaban J connectivity index is 1.59. The number of fused-ring (bicyclic) bond motifs is 3. The van der Waals surface area contributed by atoms with Crippen LogP contribution in [-0.2, 0) is 5.41 Å². The second-order valence-electron chi connectivity index (χ2n) is 8.76. The number of nitro groups is 2. The summed E-state index contributed by atoms with van der Waals surface area (Å²) in [6, 6.07) is 25.7. The van der Waals surface area contributed by atoms with E-state index in [0.717, 1.165) is 44.5 Å². The molecule has 0 heterocycles. The smallest absolute Gasteiger partial charge is 0.258 e. The van der Waals surface area contributed by atoms with Crippen molar-refractivity contribution in [1.82, 2.24) is 0 Å². The van der Waals surface area contributed by atoms with Gasteiger partial charge in [0.1, 0.15) is 0 Å². The molecule has 0 aromatic heterocycles. The quantitative estimate of drug-likeness (QED) is 0.251. The van der Waals surface area contributed by atoms with Crippen LogP contribution in [0.3, 0.4) is 0 Å². The maximum absolute atomic E-state index is 11.2. The Hall–Kier alpha value is -4.32. The molecule has 0 aliphatic heterocycles. The van der Waals surface area contributed by atoms with Gasteiger partial charge in [0.25, 0.3) is 11.4 Å². The lowest BCUT2D eigenvalue weighted by molar-refractivity contribution is -0.385. The van der Waals surface area contributed by atoms with Crippen molar-refractivity contribution in [2.45, 2.75) is 19.3 Å². The van der Waals surface area contributed by atoms with Crippen molar-refractivity contribution in [3.63, 3.8) is 0 Å². The molecule has 0 saturated heterocycles. The Morgan fingerprint density at radius 3 is 1.36 bits per heavy atom. The summed E-state index contributed by atoms with van der Waals surface area (Å²) in [6.07, 6.45) is 0. The van der Waals surface area contributed by atoms with Gasteiger partial charge in [0.05, 0.1) is 9.85 Å². The number of benzene rings is 4. The molecule has 0 amide bonds. The summed E-state index contributed by atoms with van der Waals surface area (Å²) in [5, 5.41) is 22.4. The molecule has 1 aliphatic carbocycles. The largest absolute Gasteiger partial charge is 0.270 e. The van der Waals surface area contributed by atoms with Gasteiger partial charge in [-0.3, -0.25) is 20.2 Å². The van der Waals surface area contributed by atoms with Gasteiger partial charge in [0.2, 0.25) is 0 Å². The highest BCUT2D eigenvalue weighted by atomic mass is 16.6. The molecule has 0 radical (unpaired) electrons. The standard InChI is InChI=1S/C27H20N2O4/c1-27(2)25-15-19(17-5-3-7-21(13-17)28(30)31)9-11-23(25)24-12-10-20(16-26(24)27)18-6-4-8-22(14-18)29(32)33/h3-16H,1-2H3. The first-order chi connectivity index (χ1) is 15.8. The van der Waals surface area contributed by atoms with Crippen molar-refractivity contribution < 1.29 is 9.85 Å². The fraction of sp³-hybridized carbons (Fsp3) is 0.111. The highest BCUT2D eigenvalue weighted by molar-refractivity contribution is 5.86. The van der Waals surface area contributed by atoms with Gasteiger partial charge in [0, 0.05) is 29.7 Å². The summed E-state index contributed by atoms with van der Waals surface area (Å²) >= 11 is 0. The van der Waals surface area contributed by atoms with Crippen LogP contribution in [-0.4, -0.2) is 9.85 Å². The Kier molecular flexibility index (Phi) is 4.60. The highest BCUT2D eigenvalue weighted by Gasteiger charge is 2.36. The molecule has 1 aliphatic rings. The molecule has 33 heavy (non-hydrogen) atoms. The van der Waals surface area contributed by atoms with Crippen LogP contribution in [0.2, 0.25) is 0 Å². The van der Waals surface area contributed by atoms with Gasteiger partial charge in [-0.05, 0) is 56.6 Å². The van der Waals surface area contributed by atoms with E-state index in [1.165, 1.54) is 12.1 Å². The van der Waals surface area contributed by atoms with Crippen LogP contribution in [0.4, 0.5) is 11.4 Å². The van der Waals surface area contributed by atoms with Crippen molar-refractivity contribution in [3.8, 4) is 33.4 Å². The molecule has 6 nitrogen and oxygen atoms in total. The average molecular weight is 436 g/mol. The summed E-state index contributed by atoms with van der Waals surface area (Å²) in [7, 11) is 0. The lowest BCUT2D eigenvalue weighted by Gasteiger charge is -2.22. The van der Waals surface area contributed by atoms with Crippen molar-refractivity contribution in [3.05, 3.63) is 116 Å². The van der Waals surface area contributed by atoms with Crippen LogP contribution in [0.25, 0.3) is 33.4 Å². The number of hydrogen-bond donors (Lipinski definition) is 0. The highest BCUT2D eigenvalue weighted by Crippen LogP contribution is 2.50. The Morgan fingerprint density at radius 1 is 0.576 bits per heavy atom. The molecule has 0 bridgehead atoms. The van der Waals surface area contributed by atoms with Crippen LogP contribution >= 0.6 is 0 Å². The van der Waals surface area contributed by atoms with E-state index < -0.39 is 0 Å². The minimum absolute atomic E-state index is 0.0668. The third kappa shape index (κ3) is 3.36. The van der Waals surface area contributed by atoms with Gasteiger partial charge in [-0.15, -0.1) is 0 Å². The maximum Gasteiger partial charge on any atom is 0.270 e. The van der Waals surface area contributed by atoms with Crippen molar-refractivity contribution >= 4 is 11.4 Å². The van der Waals surface area contributed by atoms with Crippen LogP contribution < -0.4 is 0 Å². The van der Waals surface area contributed by atoms with E-state index in [1.807, 2.05) is 24.3 Å². The van der Waals surface area contributed by atoms with Gasteiger partial charge >= 0.3 is 0 Å². The van der Waals surface area contributed by atoms with Gasteiger partial charge < -0.3 is 0 Å². The lowest BCUT2D eigenvalue weighted by atomic mass is 9.81. The number of nitrogens with zero attached hydrogens (tertiary/aromatic N) is 2. The van der Waals surface area contributed by atoms with E-state index in [-0.39, 0.29) is 26.6 Å². The van der Waals surface area contributed by atoms with E-state index >= 15 is 0 Å². The summed E-state index contributed by atoms with van der Waals surface area (Å²) < 4.78 is 0. The van der Waals surface area contributed by atoms with Gasteiger partial charge in [-0.2, -0.15) is 0 Å². The monoisotopic (exact) mass is 436 g/mol. The van der Waals surface area contributed by atoms with E-state index in [1.54, 1.807) is 24.3 Å². The molecular formula is C27H20N2O4. The Bertz CT molecular complexity index is 1350. The number of non-ortho nitro benzene ring substituents is 2. The van der Waals surface area contributed by atoms with Crippen molar-refractivity contribution in [2.75, 3.05) is 0 Å². The van der Waals surface area contributed by atoms with Crippen molar-refractivity contribution in [1.29, 1.82) is 0 Å². The molecule has 4 aromatic carbocycles. The fourth-order valence-electron chi connectivity index (χ4n) is 4.69. The molecule has 0 spiro atoms. The summed E-state index contributed by atoms with van der Waals surface area (Å²) in [5.41, 5.74) is 7.87. The summed E-state index contributed by atoms with van der Waals surface area (Å²) in [6.45, 7) is 4.32. The zero-order chi connectivity index (χ0) is 23.3. The SMILES string of the molecule is CC1(C)c2cc(-c3cccc([N+](=O)[O-])c3)ccc2-c2ccc(-c3cccc([N+](=O)[O-])c3)cc21. The van der Waals surface area contributed by atoms with Crippen LogP contribution in [0.15, 0.2) is 84.9 Å². The van der Waals surface area contributed by atoms with E-state index in [9.17, 15) is 20.2 Å². The Labute approximate surface area is 190 Å². The number of nitro benzene ring substituents is 2. The third-order valence-corrected chi connectivity index (χ3v) is 6.46. The average Bonchev–Trinajstić information content (AvgIpc) is 3.05. The first-order valence-corrected chi connectivity index (χ1v) is 10.5. The molecule has 0 fully saturated rings. The lowest BCUT2D eigenvalue weighted by Crippen LogP contribution is -2.15. The predicted molar refractivity (Wildman–Crippen MR) is 128 cm³/mol. The predicted octanol–water partition coefficient (Wildman–Crippen LogP) is 7.14. The van der Waals surface area contributed by atoms with Crippen molar-refractivity contribution in [2.24, 2.45) is 0 Å². The zero-order valence-corrected chi connectivity index (χ0v) is 18.1. The zero-order valence-electron chi connectivity index (χ0n) is 18.1. The molecule has 0 unspecified atom stereocenters. The second kappa shape index (κ2) is 7.38. The van der Waals surface area contributed by atoms with Crippen LogP contribution in [0.1, 0.15) is 25.0 Å². The van der Waals surface area contributed by atoms with E-state index in [2.05, 4.69) is 38.1 Å². The Morgan fingerprint density at radius 2 is 0.970 bits per heavy atom. The molecule has 0 saturated carbocycles. The molecule has 0 N–H and O–H groups in total. The van der Waals surface area contributed by atoms with Crippen LogP contribution in [0.5, 0.6) is 0 Å². The summed E-state index contributed by atoms with van der Waals surface area (Å²) in [4.78, 5) is 21.6. The minimum Gasteiger partial charge on any atom is -0.258 e. The number of rotatable bonds is 4. The molecule has 0 atom stereocenters. The molecule has 162 valence electrons. The topological polar surface area (TPSA) is 86.3 Å². The first-order valence-electron chi connectivity index (χ1n) is 10.5. The maximum atomic E-state index is 11.2. The molecule has 6 heteroatoms. The first kappa shape index (κ1) is 20.6. The fourth-order valence-corrected chi connectivity index (χ4v) is 4.69. The van der Waals surface area contributed by atoms with Crippen LogP contribution in [0, 0.1) is 20.2 Å². The molecular weight excluding hydrogens is 416 g/mol. The van der Waals surface area contributed by atoms with E-state index in [4.69, 9.17) is 0 Å². The summed E-state index contributed by atoms with van der Waals surface area (Å²) in [5.74, 6) is 0. The minimum atomic E-state index is -0.383. The molecule has 5 rings (SSSR count). The molecule has 4 aromatic rings. The van der Waals surface area contributed by atoms with Gasteiger partial charge in [-0.25, -0.2) is 0 Å².